The number of ether oxygens (including phenoxy) is 3. The Labute approximate surface area is 217 Å². The van der Waals surface area contributed by atoms with Crippen LogP contribution in [0.4, 0.5) is 10.1 Å². The molecule has 37 heavy (non-hydrogen) atoms. The van der Waals surface area contributed by atoms with Gasteiger partial charge in [-0.2, -0.15) is 0 Å². The summed E-state index contributed by atoms with van der Waals surface area (Å²) in [6, 6.07) is 16.1. The van der Waals surface area contributed by atoms with E-state index in [1.54, 1.807) is 30.3 Å². The van der Waals surface area contributed by atoms with Gasteiger partial charge in [0.15, 0.2) is 11.5 Å². The van der Waals surface area contributed by atoms with Crippen molar-refractivity contribution >= 4 is 21.6 Å². The molecule has 0 atom stereocenters. The van der Waals surface area contributed by atoms with Gasteiger partial charge in [0.25, 0.3) is 10.0 Å². The van der Waals surface area contributed by atoms with Gasteiger partial charge in [0.1, 0.15) is 18.1 Å². The number of anilines is 1. The molecule has 0 bridgehead atoms. The third-order valence-corrected chi connectivity index (χ3v) is 6.99. The second-order valence-electron chi connectivity index (χ2n) is 8.32. The Morgan fingerprint density at radius 3 is 2.27 bits per heavy atom. The summed E-state index contributed by atoms with van der Waals surface area (Å²) in [7, 11) is -2.62. The predicted molar refractivity (Wildman–Crippen MR) is 139 cm³/mol. The van der Waals surface area contributed by atoms with Crippen LogP contribution in [0.1, 0.15) is 26.3 Å². The number of carbonyl (C=O) groups excluding carboxylic acids is 1. The maximum Gasteiger partial charge on any atom is 0.264 e. The lowest BCUT2D eigenvalue weighted by molar-refractivity contribution is -0.119. The van der Waals surface area contributed by atoms with E-state index < -0.39 is 28.3 Å². The molecule has 0 fully saturated rings. The Balaban J connectivity index is 1.80. The number of rotatable bonds is 12. The summed E-state index contributed by atoms with van der Waals surface area (Å²) in [5.41, 5.74) is 0.895. The van der Waals surface area contributed by atoms with Crippen molar-refractivity contribution in [3.63, 3.8) is 0 Å². The van der Waals surface area contributed by atoms with Crippen molar-refractivity contribution in [3.8, 4) is 17.2 Å². The van der Waals surface area contributed by atoms with Gasteiger partial charge in [0.2, 0.25) is 5.91 Å². The molecule has 3 aromatic rings. The first kappa shape index (κ1) is 27.8. The van der Waals surface area contributed by atoms with Gasteiger partial charge in [0, 0.05) is 6.54 Å². The summed E-state index contributed by atoms with van der Waals surface area (Å²) in [4.78, 5) is 12.9. The highest BCUT2D eigenvalue weighted by molar-refractivity contribution is 7.92. The van der Waals surface area contributed by atoms with E-state index in [0.29, 0.717) is 23.9 Å². The smallest absolute Gasteiger partial charge is 0.264 e. The van der Waals surface area contributed by atoms with Crippen molar-refractivity contribution in [1.82, 2.24) is 5.32 Å². The molecule has 0 heterocycles. The van der Waals surface area contributed by atoms with Gasteiger partial charge >= 0.3 is 0 Å². The summed E-state index contributed by atoms with van der Waals surface area (Å²) >= 11 is 0. The highest BCUT2D eigenvalue weighted by Crippen LogP contribution is 2.29. The van der Waals surface area contributed by atoms with E-state index in [1.807, 2.05) is 20.8 Å². The third kappa shape index (κ3) is 7.36. The molecule has 0 unspecified atom stereocenters. The molecule has 0 aliphatic heterocycles. The lowest BCUT2D eigenvalue weighted by atomic mass is 10.2. The molecule has 1 amide bonds. The van der Waals surface area contributed by atoms with E-state index in [9.17, 15) is 17.6 Å². The van der Waals surface area contributed by atoms with E-state index in [-0.39, 0.29) is 23.2 Å². The molecular formula is C27H31FN2O6S. The normalized spacial score (nSPS) is 11.2. The monoisotopic (exact) mass is 530 g/mol. The molecule has 0 aromatic heterocycles. The summed E-state index contributed by atoms with van der Waals surface area (Å²) in [6.45, 7) is 5.70. The molecule has 0 saturated heterocycles. The molecule has 3 aromatic carbocycles. The van der Waals surface area contributed by atoms with Crippen LogP contribution in [0.3, 0.4) is 0 Å². The zero-order valence-electron chi connectivity index (χ0n) is 21.2. The summed E-state index contributed by atoms with van der Waals surface area (Å²) in [5.74, 6) is 0.557. The number of nitrogens with zero attached hydrogens (tertiary/aromatic N) is 1. The van der Waals surface area contributed by atoms with Crippen LogP contribution in [-0.2, 0) is 21.4 Å². The average molecular weight is 531 g/mol. The number of hydrogen-bond donors (Lipinski definition) is 1. The van der Waals surface area contributed by atoms with Crippen molar-refractivity contribution in [1.29, 1.82) is 0 Å². The minimum atomic E-state index is -4.15. The standard InChI is InChI=1S/C27H31FN2O6S/c1-5-35-23-11-13-24(14-12-23)37(32,33)30(22-9-7-21(28)8-10-22)18-27(31)29-17-20-6-15-25(36-19(2)3)26(16-20)34-4/h6-16,19H,5,17-18H2,1-4H3,(H,29,31). The third-order valence-electron chi connectivity index (χ3n) is 5.20. The number of hydrogen-bond acceptors (Lipinski definition) is 6. The lowest BCUT2D eigenvalue weighted by Gasteiger charge is -2.24. The summed E-state index contributed by atoms with van der Waals surface area (Å²) in [6.07, 6.45) is -0.0331. The molecule has 0 radical (unpaired) electrons. The second-order valence-corrected chi connectivity index (χ2v) is 10.2. The van der Waals surface area contributed by atoms with E-state index in [2.05, 4.69) is 5.32 Å². The van der Waals surface area contributed by atoms with Crippen molar-refractivity contribution in [2.45, 2.75) is 38.3 Å². The maximum atomic E-state index is 13.5. The first-order valence-electron chi connectivity index (χ1n) is 11.8. The number of amides is 1. The Kier molecular flexibility index (Phi) is 9.35. The van der Waals surface area contributed by atoms with Crippen LogP contribution < -0.4 is 23.8 Å². The zero-order valence-corrected chi connectivity index (χ0v) is 22.0. The fraction of sp³-hybridized carbons (Fsp3) is 0.296. The highest BCUT2D eigenvalue weighted by atomic mass is 32.2. The van der Waals surface area contributed by atoms with Crippen molar-refractivity contribution < 1.29 is 31.8 Å². The predicted octanol–water partition coefficient (Wildman–Crippen LogP) is 4.53. The SMILES string of the molecule is CCOc1ccc(S(=O)(=O)N(CC(=O)NCc2ccc(OC(C)C)c(OC)c2)c2ccc(F)cc2)cc1. The largest absolute Gasteiger partial charge is 0.494 e. The number of methoxy groups -OCH3 is 1. The van der Waals surface area contributed by atoms with E-state index in [0.717, 1.165) is 22.0 Å². The van der Waals surface area contributed by atoms with Gasteiger partial charge in [-0.3, -0.25) is 9.10 Å². The minimum absolute atomic E-state index is 0.0291. The van der Waals surface area contributed by atoms with Gasteiger partial charge in [0.05, 0.1) is 30.4 Å². The van der Waals surface area contributed by atoms with Crippen LogP contribution in [0, 0.1) is 5.82 Å². The van der Waals surface area contributed by atoms with Gasteiger partial charge < -0.3 is 19.5 Å². The first-order chi connectivity index (χ1) is 17.6. The molecule has 0 aliphatic carbocycles. The van der Waals surface area contributed by atoms with Crippen molar-refractivity contribution in [2.75, 3.05) is 24.6 Å². The Morgan fingerprint density at radius 2 is 1.68 bits per heavy atom. The van der Waals surface area contributed by atoms with Crippen LogP contribution in [-0.4, -0.2) is 40.7 Å². The van der Waals surface area contributed by atoms with Crippen molar-refractivity contribution in [2.24, 2.45) is 0 Å². The maximum absolute atomic E-state index is 13.5. The van der Waals surface area contributed by atoms with E-state index in [4.69, 9.17) is 14.2 Å². The first-order valence-corrected chi connectivity index (χ1v) is 13.2. The molecule has 8 nitrogen and oxygen atoms in total. The second kappa shape index (κ2) is 12.4. The van der Waals surface area contributed by atoms with Gasteiger partial charge in [-0.25, -0.2) is 12.8 Å². The zero-order chi connectivity index (χ0) is 27.0. The van der Waals surface area contributed by atoms with Crippen LogP contribution in [0.15, 0.2) is 71.6 Å². The minimum Gasteiger partial charge on any atom is -0.494 e. The number of carbonyl (C=O) groups is 1. The molecule has 198 valence electrons. The van der Waals surface area contributed by atoms with E-state index >= 15 is 0 Å². The van der Waals surface area contributed by atoms with Crippen molar-refractivity contribution in [3.05, 3.63) is 78.1 Å². The number of halogens is 1. The van der Waals surface area contributed by atoms with Gasteiger partial charge in [-0.05, 0) is 87.0 Å². The molecule has 0 spiro atoms. The Bertz CT molecular complexity index is 1300. The molecule has 0 aliphatic rings. The Hall–Kier alpha value is -3.79. The number of benzene rings is 3. The molecular weight excluding hydrogens is 499 g/mol. The number of nitrogens with one attached hydrogen (secondary N) is 1. The van der Waals surface area contributed by atoms with Crippen LogP contribution in [0.25, 0.3) is 0 Å². The Morgan fingerprint density at radius 1 is 1.00 bits per heavy atom. The summed E-state index contributed by atoms with van der Waals surface area (Å²) < 4.78 is 57.9. The quantitative estimate of drug-likeness (QED) is 0.370. The molecule has 10 heteroatoms. The van der Waals surface area contributed by atoms with Crippen LogP contribution in [0.2, 0.25) is 0 Å². The molecule has 1 N–H and O–H groups in total. The lowest BCUT2D eigenvalue weighted by Crippen LogP contribution is -2.40. The van der Waals surface area contributed by atoms with E-state index in [1.165, 1.54) is 31.4 Å². The average Bonchev–Trinajstić information content (AvgIpc) is 2.87. The van der Waals surface area contributed by atoms with Gasteiger partial charge in [-0.1, -0.05) is 6.07 Å². The molecule has 0 saturated carbocycles. The highest BCUT2D eigenvalue weighted by Gasteiger charge is 2.27. The van der Waals surface area contributed by atoms with Gasteiger partial charge in [-0.15, -0.1) is 0 Å². The molecule has 3 rings (SSSR count). The topological polar surface area (TPSA) is 94.2 Å². The fourth-order valence-corrected chi connectivity index (χ4v) is 4.91. The fourth-order valence-electron chi connectivity index (χ4n) is 3.48. The summed E-state index contributed by atoms with van der Waals surface area (Å²) in [5, 5.41) is 2.74. The number of sulfonamides is 1. The van der Waals surface area contributed by atoms with Crippen LogP contribution in [0.5, 0.6) is 17.2 Å². The van der Waals surface area contributed by atoms with Crippen LogP contribution >= 0.6 is 0 Å².